The lowest BCUT2D eigenvalue weighted by molar-refractivity contribution is 0.0781. The number of hydrogen-bond acceptors (Lipinski definition) is 2. The predicted molar refractivity (Wildman–Crippen MR) is 69.1 cm³/mol. The van der Waals surface area contributed by atoms with Gasteiger partial charge in [0.25, 0.3) is 5.91 Å². The van der Waals surface area contributed by atoms with Crippen molar-refractivity contribution in [2.45, 2.75) is 19.4 Å². The number of nitrogens with two attached hydrogens (primary N) is 1. The van der Waals surface area contributed by atoms with Crippen LogP contribution < -0.4 is 5.73 Å². The zero-order valence-corrected chi connectivity index (χ0v) is 11.0. The number of carbonyl (C=O) groups is 1. The summed E-state index contributed by atoms with van der Waals surface area (Å²) in [5, 5.41) is 0.364. The summed E-state index contributed by atoms with van der Waals surface area (Å²) >= 11 is 5.79. The molecule has 1 aromatic carbocycles. The second-order valence-electron chi connectivity index (χ2n) is 4.78. The highest BCUT2D eigenvalue weighted by Gasteiger charge is 2.30. The van der Waals surface area contributed by atoms with Crippen molar-refractivity contribution in [3.8, 4) is 0 Å². The molecule has 0 saturated carbocycles. The van der Waals surface area contributed by atoms with Crippen LogP contribution in [0.25, 0.3) is 0 Å². The highest BCUT2D eigenvalue weighted by molar-refractivity contribution is 6.31. The van der Waals surface area contributed by atoms with Crippen LogP contribution in [0, 0.1) is 11.7 Å². The minimum atomic E-state index is -0.534. The summed E-state index contributed by atoms with van der Waals surface area (Å²) < 4.78 is 13.6. The Hall–Kier alpha value is -1.13. The van der Waals surface area contributed by atoms with E-state index in [1.807, 2.05) is 6.92 Å². The molecule has 2 rings (SSSR count). The Bertz CT molecular complexity index is 464. The van der Waals surface area contributed by atoms with Gasteiger partial charge in [0.05, 0.1) is 5.56 Å². The molecule has 1 aromatic rings. The smallest absolute Gasteiger partial charge is 0.256 e. The Morgan fingerprint density at radius 1 is 1.61 bits per heavy atom. The Morgan fingerprint density at radius 2 is 2.33 bits per heavy atom. The van der Waals surface area contributed by atoms with Crippen LogP contribution in [0.15, 0.2) is 18.2 Å². The van der Waals surface area contributed by atoms with Gasteiger partial charge in [0, 0.05) is 24.2 Å². The van der Waals surface area contributed by atoms with Gasteiger partial charge < -0.3 is 10.6 Å². The molecule has 98 valence electrons. The van der Waals surface area contributed by atoms with Crippen molar-refractivity contribution < 1.29 is 9.18 Å². The molecular formula is C13H16ClFN2O. The number of likely N-dealkylation sites (tertiary alicyclic amines) is 1. The van der Waals surface area contributed by atoms with Crippen molar-refractivity contribution in [1.29, 1.82) is 0 Å². The molecule has 5 heteroatoms. The van der Waals surface area contributed by atoms with E-state index in [1.54, 1.807) is 4.90 Å². The molecule has 1 aliphatic rings. The van der Waals surface area contributed by atoms with E-state index in [0.29, 0.717) is 18.1 Å². The molecular weight excluding hydrogens is 255 g/mol. The number of hydrogen-bond donors (Lipinski definition) is 1. The van der Waals surface area contributed by atoms with Gasteiger partial charge in [0.2, 0.25) is 0 Å². The lowest BCUT2D eigenvalue weighted by atomic mass is 10.0. The van der Waals surface area contributed by atoms with E-state index < -0.39 is 5.82 Å². The molecule has 2 N–H and O–H groups in total. The second-order valence-corrected chi connectivity index (χ2v) is 5.22. The van der Waals surface area contributed by atoms with E-state index in [1.165, 1.54) is 18.2 Å². The number of rotatable bonds is 2. The van der Waals surface area contributed by atoms with E-state index in [2.05, 4.69) is 0 Å². The molecule has 1 saturated heterocycles. The Kier molecular flexibility index (Phi) is 3.88. The first kappa shape index (κ1) is 13.3. The predicted octanol–water partition coefficient (Wildman–Crippen LogP) is 2.29. The molecule has 1 heterocycles. The van der Waals surface area contributed by atoms with Crippen molar-refractivity contribution in [3.63, 3.8) is 0 Å². The summed E-state index contributed by atoms with van der Waals surface area (Å²) in [6.07, 6.45) is 0.867. The maximum Gasteiger partial charge on any atom is 0.256 e. The van der Waals surface area contributed by atoms with Crippen molar-refractivity contribution in [2.75, 3.05) is 13.1 Å². The van der Waals surface area contributed by atoms with Crippen LogP contribution in [0.1, 0.15) is 23.7 Å². The fourth-order valence-electron chi connectivity index (χ4n) is 2.23. The van der Waals surface area contributed by atoms with Gasteiger partial charge in [0.1, 0.15) is 5.82 Å². The fraction of sp³-hybridized carbons (Fsp3) is 0.462. The quantitative estimate of drug-likeness (QED) is 0.896. The van der Waals surface area contributed by atoms with Gasteiger partial charge in [-0.25, -0.2) is 4.39 Å². The van der Waals surface area contributed by atoms with Crippen LogP contribution in [0.3, 0.4) is 0 Å². The van der Waals surface area contributed by atoms with Crippen LogP contribution in [0.4, 0.5) is 4.39 Å². The van der Waals surface area contributed by atoms with Crippen LogP contribution >= 0.6 is 11.6 Å². The third-order valence-electron chi connectivity index (χ3n) is 3.41. The van der Waals surface area contributed by atoms with Gasteiger partial charge in [-0.1, -0.05) is 11.6 Å². The molecule has 3 nitrogen and oxygen atoms in total. The third kappa shape index (κ3) is 2.65. The molecule has 18 heavy (non-hydrogen) atoms. The lowest BCUT2D eigenvalue weighted by Crippen LogP contribution is -2.33. The van der Waals surface area contributed by atoms with Crippen molar-refractivity contribution in [3.05, 3.63) is 34.6 Å². The lowest BCUT2D eigenvalue weighted by Gasteiger charge is -2.18. The normalized spacial score (nSPS) is 21.1. The zero-order chi connectivity index (χ0) is 13.3. The highest BCUT2D eigenvalue weighted by atomic mass is 35.5. The molecule has 1 amide bonds. The SMILES string of the molecule is CC(N)C1CCN(C(=O)c2cc(Cl)ccc2F)C1. The molecule has 0 aliphatic carbocycles. The molecule has 0 aromatic heterocycles. The molecule has 1 aliphatic heterocycles. The number of amides is 1. The van der Waals surface area contributed by atoms with Crippen LogP contribution in [-0.2, 0) is 0 Å². The Balaban J connectivity index is 2.15. The van der Waals surface area contributed by atoms with Gasteiger partial charge in [0.15, 0.2) is 0 Å². The minimum absolute atomic E-state index is 0.0350. The van der Waals surface area contributed by atoms with E-state index in [9.17, 15) is 9.18 Å². The van der Waals surface area contributed by atoms with Crippen molar-refractivity contribution in [1.82, 2.24) is 4.90 Å². The monoisotopic (exact) mass is 270 g/mol. The van der Waals surface area contributed by atoms with Gasteiger partial charge in [-0.2, -0.15) is 0 Å². The number of halogens is 2. The first-order valence-electron chi connectivity index (χ1n) is 5.99. The summed E-state index contributed by atoms with van der Waals surface area (Å²) in [5.74, 6) is -0.553. The Morgan fingerprint density at radius 3 is 2.94 bits per heavy atom. The van der Waals surface area contributed by atoms with Gasteiger partial charge in [-0.3, -0.25) is 4.79 Å². The molecule has 2 atom stereocenters. The molecule has 0 radical (unpaired) electrons. The minimum Gasteiger partial charge on any atom is -0.338 e. The molecule has 0 spiro atoms. The van der Waals surface area contributed by atoms with Gasteiger partial charge in [-0.05, 0) is 37.5 Å². The summed E-state index contributed by atoms with van der Waals surface area (Å²) in [4.78, 5) is 13.8. The largest absolute Gasteiger partial charge is 0.338 e. The fourth-order valence-corrected chi connectivity index (χ4v) is 2.40. The van der Waals surface area contributed by atoms with E-state index in [-0.39, 0.29) is 23.4 Å². The van der Waals surface area contributed by atoms with E-state index in [0.717, 1.165) is 6.42 Å². The van der Waals surface area contributed by atoms with E-state index >= 15 is 0 Å². The zero-order valence-electron chi connectivity index (χ0n) is 10.2. The van der Waals surface area contributed by atoms with Crippen molar-refractivity contribution in [2.24, 2.45) is 11.7 Å². The molecule has 2 unspecified atom stereocenters. The second kappa shape index (κ2) is 5.24. The first-order valence-corrected chi connectivity index (χ1v) is 6.36. The number of carbonyl (C=O) groups excluding carboxylic acids is 1. The topological polar surface area (TPSA) is 46.3 Å². The summed E-state index contributed by atoms with van der Waals surface area (Å²) in [7, 11) is 0. The average molecular weight is 271 g/mol. The van der Waals surface area contributed by atoms with Crippen LogP contribution in [0.5, 0.6) is 0 Å². The van der Waals surface area contributed by atoms with Crippen molar-refractivity contribution >= 4 is 17.5 Å². The molecule has 0 bridgehead atoms. The standard InChI is InChI=1S/C13H16ClFN2O/c1-8(16)9-4-5-17(7-9)13(18)11-6-10(14)2-3-12(11)15/h2-3,6,8-9H,4-5,7,16H2,1H3. The third-order valence-corrected chi connectivity index (χ3v) is 3.65. The van der Waals surface area contributed by atoms with E-state index in [4.69, 9.17) is 17.3 Å². The number of benzene rings is 1. The highest BCUT2D eigenvalue weighted by Crippen LogP contribution is 2.23. The maximum atomic E-state index is 13.6. The summed E-state index contributed by atoms with van der Waals surface area (Å²) in [6, 6.07) is 4.07. The molecule has 1 fully saturated rings. The van der Waals surface area contributed by atoms with Crippen LogP contribution in [-0.4, -0.2) is 29.9 Å². The number of nitrogens with zero attached hydrogens (tertiary/aromatic N) is 1. The maximum absolute atomic E-state index is 13.6. The summed E-state index contributed by atoms with van der Waals surface area (Å²) in [6.45, 7) is 3.14. The summed E-state index contributed by atoms with van der Waals surface area (Å²) in [5.41, 5.74) is 5.85. The first-order chi connectivity index (χ1) is 8.49. The Labute approximate surface area is 111 Å². The van der Waals surface area contributed by atoms with Gasteiger partial charge >= 0.3 is 0 Å². The average Bonchev–Trinajstić information content (AvgIpc) is 2.81. The van der Waals surface area contributed by atoms with Gasteiger partial charge in [-0.15, -0.1) is 0 Å². The van der Waals surface area contributed by atoms with Crippen LogP contribution in [0.2, 0.25) is 5.02 Å².